The lowest BCUT2D eigenvalue weighted by Gasteiger charge is -2.12. The molecule has 0 spiro atoms. The summed E-state index contributed by atoms with van der Waals surface area (Å²) in [4.78, 5) is 4.66. The number of benzene rings is 3. The second-order valence-electron chi connectivity index (χ2n) is 5.90. The molecule has 4 rings (SSSR count). The van der Waals surface area contributed by atoms with Crippen molar-refractivity contribution in [1.82, 2.24) is 4.98 Å². The largest absolute Gasteiger partial charge is 0.260 e. The van der Waals surface area contributed by atoms with Gasteiger partial charge in [0.05, 0.1) is 0 Å². The zero-order chi connectivity index (χ0) is 14.4. The van der Waals surface area contributed by atoms with Crippen molar-refractivity contribution in [3.05, 3.63) is 66.5 Å². The third kappa shape index (κ3) is 1.81. The van der Waals surface area contributed by atoms with Gasteiger partial charge in [0, 0.05) is 17.3 Å². The van der Waals surface area contributed by atoms with E-state index in [9.17, 15) is 0 Å². The highest BCUT2D eigenvalue weighted by molar-refractivity contribution is 6.25. The van der Waals surface area contributed by atoms with Crippen LogP contribution in [-0.2, 0) is 0 Å². The van der Waals surface area contributed by atoms with E-state index in [1.807, 2.05) is 6.20 Å². The molecule has 0 bridgehead atoms. The zero-order valence-corrected chi connectivity index (χ0v) is 12.3. The Hall–Kier alpha value is -2.41. The number of hydrogen-bond donors (Lipinski definition) is 0. The first-order valence-corrected chi connectivity index (χ1v) is 7.45. The predicted octanol–water partition coefficient (Wildman–Crippen LogP) is 5.66. The van der Waals surface area contributed by atoms with Gasteiger partial charge in [-0.15, -0.1) is 0 Å². The van der Waals surface area contributed by atoms with Gasteiger partial charge in [0.2, 0.25) is 0 Å². The number of aromatic nitrogens is 1. The lowest BCUT2D eigenvalue weighted by Crippen LogP contribution is -1.93. The summed E-state index contributed by atoms with van der Waals surface area (Å²) < 4.78 is 0. The number of pyridine rings is 1. The fourth-order valence-electron chi connectivity index (χ4n) is 3.13. The van der Waals surface area contributed by atoms with E-state index < -0.39 is 0 Å². The van der Waals surface area contributed by atoms with Crippen molar-refractivity contribution in [3.8, 4) is 0 Å². The van der Waals surface area contributed by atoms with Gasteiger partial charge in [0.1, 0.15) is 0 Å². The van der Waals surface area contributed by atoms with E-state index in [1.165, 1.54) is 32.3 Å². The van der Waals surface area contributed by atoms with Gasteiger partial charge in [-0.05, 0) is 38.9 Å². The van der Waals surface area contributed by atoms with E-state index in [4.69, 9.17) is 0 Å². The lowest BCUT2D eigenvalue weighted by atomic mass is 9.94. The Morgan fingerprint density at radius 2 is 1.14 bits per heavy atom. The number of fused-ring (bicyclic) bond motifs is 6. The van der Waals surface area contributed by atoms with Gasteiger partial charge in [-0.1, -0.05) is 62.4 Å². The topological polar surface area (TPSA) is 12.9 Å². The van der Waals surface area contributed by atoms with E-state index in [-0.39, 0.29) is 0 Å². The Kier molecular flexibility index (Phi) is 2.68. The first-order valence-electron chi connectivity index (χ1n) is 7.45. The van der Waals surface area contributed by atoms with Gasteiger partial charge in [0.25, 0.3) is 0 Å². The van der Waals surface area contributed by atoms with Crippen LogP contribution in [0.5, 0.6) is 0 Å². The van der Waals surface area contributed by atoms with Crippen LogP contribution >= 0.6 is 0 Å². The third-order valence-corrected chi connectivity index (χ3v) is 4.24. The Morgan fingerprint density at radius 1 is 0.667 bits per heavy atom. The molecule has 0 amide bonds. The summed E-state index contributed by atoms with van der Waals surface area (Å²) in [5, 5.41) is 7.78. The maximum Gasteiger partial charge on any atom is 0.0435 e. The highest BCUT2D eigenvalue weighted by atomic mass is 14.7. The van der Waals surface area contributed by atoms with E-state index in [0.29, 0.717) is 5.92 Å². The summed E-state index contributed by atoms with van der Waals surface area (Å²) in [7, 11) is 0. The minimum absolute atomic E-state index is 0.444. The fourth-order valence-corrected chi connectivity index (χ4v) is 3.13. The van der Waals surface area contributed by atoms with Crippen molar-refractivity contribution in [1.29, 1.82) is 0 Å². The predicted molar refractivity (Wildman–Crippen MR) is 90.8 cm³/mol. The molecule has 21 heavy (non-hydrogen) atoms. The summed E-state index contributed by atoms with van der Waals surface area (Å²) >= 11 is 0. The number of nitrogens with zero attached hydrogens (tertiary/aromatic N) is 1. The second-order valence-corrected chi connectivity index (χ2v) is 5.90. The van der Waals surface area contributed by atoms with Crippen LogP contribution in [0.1, 0.15) is 25.5 Å². The van der Waals surface area contributed by atoms with Crippen LogP contribution in [0.15, 0.2) is 60.8 Å². The molecule has 0 aliphatic rings. The Labute approximate surface area is 124 Å². The first kappa shape index (κ1) is 12.3. The highest BCUT2D eigenvalue weighted by Crippen LogP contribution is 2.35. The van der Waals surface area contributed by atoms with E-state index >= 15 is 0 Å². The van der Waals surface area contributed by atoms with Crippen molar-refractivity contribution < 1.29 is 0 Å². The van der Waals surface area contributed by atoms with E-state index in [1.54, 1.807) is 0 Å². The maximum absolute atomic E-state index is 4.66. The zero-order valence-electron chi connectivity index (χ0n) is 12.3. The minimum atomic E-state index is 0.444. The molecule has 0 saturated carbocycles. The summed E-state index contributed by atoms with van der Waals surface area (Å²) in [5.74, 6) is 0.444. The van der Waals surface area contributed by atoms with Crippen molar-refractivity contribution in [2.24, 2.45) is 0 Å². The van der Waals surface area contributed by atoms with Crippen LogP contribution < -0.4 is 0 Å². The van der Waals surface area contributed by atoms with E-state index in [2.05, 4.69) is 73.4 Å². The molecule has 0 atom stereocenters. The summed E-state index contributed by atoms with van der Waals surface area (Å²) in [6.45, 7) is 4.38. The van der Waals surface area contributed by atoms with Gasteiger partial charge in [-0.3, -0.25) is 4.98 Å². The van der Waals surface area contributed by atoms with Crippen molar-refractivity contribution >= 4 is 32.3 Å². The van der Waals surface area contributed by atoms with Crippen LogP contribution in [0, 0.1) is 0 Å². The van der Waals surface area contributed by atoms with E-state index in [0.717, 1.165) is 5.69 Å². The third-order valence-electron chi connectivity index (χ3n) is 4.24. The van der Waals surface area contributed by atoms with Crippen LogP contribution in [-0.4, -0.2) is 4.98 Å². The van der Waals surface area contributed by atoms with Gasteiger partial charge in [-0.2, -0.15) is 0 Å². The maximum atomic E-state index is 4.66. The second kappa shape index (κ2) is 4.56. The molecular weight excluding hydrogens is 254 g/mol. The molecule has 0 N–H and O–H groups in total. The number of hydrogen-bond acceptors (Lipinski definition) is 1. The molecule has 0 fully saturated rings. The van der Waals surface area contributed by atoms with Crippen LogP contribution in [0.3, 0.4) is 0 Å². The molecule has 0 saturated heterocycles. The molecule has 0 radical (unpaired) electrons. The molecule has 1 heterocycles. The molecule has 0 aliphatic heterocycles. The molecule has 1 aromatic heterocycles. The molecule has 4 aromatic rings. The molecule has 3 aromatic carbocycles. The van der Waals surface area contributed by atoms with Gasteiger partial charge in [-0.25, -0.2) is 0 Å². The van der Waals surface area contributed by atoms with Crippen LogP contribution in [0.4, 0.5) is 0 Å². The molecular formula is C20H17N. The van der Waals surface area contributed by atoms with Gasteiger partial charge < -0.3 is 0 Å². The average molecular weight is 271 g/mol. The summed E-state index contributed by atoms with van der Waals surface area (Å²) in [5.41, 5.74) is 1.16. The van der Waals surface area contributed by atoms with Crippen molar-refractivity contribution in [2.75, 3.05) is 0 Å². The van der Waals surface area contributed by atoms with Gasteiger partial charge in [0.15, 0.2) is 0 Å². The Bertz CT molecular complexity index is 932. The standard InChI is InChI=1S/C20H17N/c1-13(2)20-11-18-16-9-5-3-7-14(16)15-8-4-6-10-17(15)19(18)12-21-20/h3-13H,1-2H3. The fraction of sp³-hybridized carbons (Fsp3) is 0.150. The Morgan fingerprint density at radius 3 is 1.67 bits per heavy atom. The van der Waals surface area contributed by atoms with Crippen LogP contribution in [0.2, 0.25) is 0 Å². The smallest absolute Gasteiger partial charge is 0.0435 e. The SMILES string of the molecule is CC(C)c1cc2c3ccccc3c3ccccc3c2cn1. The first-order chi connectivity index (χ1) is 10.3. The number of rotatable bonds is 1. The Balaban J connectivity index is 2.30. The molecule has 102 valence electrons. The molecule has 1 heteroatoms. The normalized spacial score (nSPS) is 11.8. The minimum Gasteiger partial charge on any atom is -0.260 e. The van der Waals surface area contributed by atoms with Crippen LogP contribution in [0.25, 0.3) is 32.3 Å². The highest BCUT2D eigenvalue weighted by Gasteiger charge is 2.10. The molecule has 0 aliphatic carbocycles. The lowest BCUT2D eigenvalue weighted by molar-refractivity contribution is 0.826. The van der Waals surface area contributed by atoms with Crippen molar-refractivity contribution in [3.63, 3.8) is 0 Å². The van der Waals surface area contributed by atoms with Crippen molar-refractivity contribution in [2.45, 2.75) is 19.8 Å². The summed E-state index contributed by atoms with van der Waals surface area (Å²) in [6.07, 6.45) is 2.04. The molecule has 1 nitrogen and oxygen atoms in total. The molecule has 0 unspecified atom stereocenters. The average Bonchev–Trinajstić information content (AvgIpc) is 2.54. The van der Waals surface area contributed by atoms with Gasteiger partial charge >= 0.3 is 0 Å². The summed E-state index contributed by atoms with van der Waals surface area (Å²) in [6, 6.07) is 19.5. The quantitative estimate of drug-likeness (QED) is 0.407. The monoisotopic (exact) mass is 271 g/mol.